The normalized spacial score (nSPS) is 18.6. The maximum atomic E-state index is 10.7. The molecule has 0 atom stereocenters. The first kappa shape index (κ1) is 23.5. The first-order valence-electron chi connectivity index (χ1n) is 10.2. The van der Waals surface area contributed by atoms with E-state index in [4.69, 9.17) is 17.0 Å². The number of phenolic OH excluding ortho intramolecular Hbond substituents is 1. The summed E-state index contributed by atoms with van der Waals surface area (Å²) in [5.41, 5.74) is 1.77. The Morgan fingerprint density at radius 1 is 1.29 bits per heavy atom. The van der Waals surface area contributed by atoms with Crippen LogP contribution in [-0.2, 0) is 0 Å². The summed E-state index contributed by atoms with van der Waals surface area (Å²) in [4.78, 5) is 2.19. The highest BCUT2D eigenvalue weighted by atomic mass is 35.5. The first-order valence-corrected chi connectivity index (χ1v) is 11.4. The molecule has 0 bridgehead atoms. The molecule has 4 N–H and O–H groups in total. The Labute approximate surface area is 193 Å². The zero-order valence-corrected chi connectivity index (χ0v) is 20.4. The van der Waals surface area contributed by atoms with Crippen LogP contribution in [-0.4, -0.2) is 52.7 Å². The van der Waals surface area contributed by atoms with Gasteiger partial charge in [0.1, 0.15) is 5.75 Å². The number of piperidine rings is 1. The summed E-state index contributed by atoms with van der Waals surface area (Å²) in [6, 6.07) is 3.64. The second-order valence-electron chi connectivity index (χ2n) is 9.34. The summed E-state index contributed by atoms with van der Waals surface area (Å²) >= 11 is 7.93. The Hall–Kier alpha value is -2.16. The minimum atomic E-state index is 0.0147. The average Bonchev–Trinajstić information content (AvgIpc) is 3.11. The van der Waals surface area contributed by atoms with Gasteiger partial charge < -0.3 is 26.0 Å². The van der Waals surface area contributed by atoms with Crippen LogP contribution in [0, 0.1) is 5.41 Å². The predicted molar refractivity (Wildman–Crippen MR) is 131 cm³/mol. The highest BCUT2D eigenvalue weighted by Crippen LogP contribution is 2.42. The Balaban J connectivity index is 1.90. The first-order chi connectivity index (χ1) is 14.5. The second-order valence-corrected chi connectivity index (χ2v) is 10.7. The van der Waals surface area contributed by atoms with Crippen molar-refractivity contribution >= 4 is 39.9 Å². The minimum Gasteiger partial charge on any atom is -0.507 e. The van der Waals surface area contributed by atoms with E-state index in [2.05, 4.69) is 60.5 Å². The quantitative estimate of drug-likeness (QED) is 0.471. The monoisotopic (exact) mass is 462 g/mol. The number of nitrogens with zero attached hydrogens (tertiary/aromatic N) is 3. The standard InChI is InChI=1S/C22H31ClN6OS/c1-21(2)9-15(10-22(3,4)28-21)29(6)20-27-26-19(31-20)18-16(23)7-13(8-17(18)30)14(11-24)12-25-5/h7-8,11-12,15,24-25,28,30H,9-10H2,1-6H3/b14-12+,24-11?. The number of anilines is 1. The third-order valence-electron chi connectivity index (χ3n) is 5.50. The smallest absolute Gasteiger partial charge is 0.208 e. The number of aromatic hydroxyl groups is 1. The molecule has 31 heavy (non-hydrogen) atoms. The van der Waals surface area contributed by atoms with Crippen molar-refractivity contribution in [3.63, 3.8) is 0 Å². The zero-order valence-electron chi connectivity index (χ0n) is 18.9. The number of aromatic nitrogens is 2. The van der Waals surface area contributed by atoms with Crippen LogP contribution in [0.3, 0.4) is 0 Å². The van der Waals surface area contributed by atoms with Gasteiger partial charge in [-0.05, 0) is 58.2 Å². The molecule has 9 heteroatoms. The molecule has 2 aromatic rings. The number of benzene rings is 1. The third-order valence-corrected chi connectivity index (χ3v) is 6.83. The van der Waals surface area contributed by atoms with Crippen LogP contribution >= 0.6 is 22.9 Å². The molecule has 1 aliphatic rings. The maximum Gasteiger partial charge on any atom is 0.208 e. The number of halogens is 1. The molecular formula is C22H31ClN6OS. The summed E-state index contributed by atoms with van der Waals surface area (Å²) < 4.78 is 0. The van der Waals surface area contributed by atoms with Gasteiger partial charge in [0.05, 0.1) is 10.6 Å². The van der Waals surface area contributed by atoms with E-state index in [-0.39, 0.29) is 16.8 Å². The lowest BCUT2D eigenvalue weighted by atomic mass is 9.79. The van der Waals surface area contributed by atoms with E-state index in [1.807, 2.05) is 0 Å². The zero-order chi connectivity index (χ0) is 23.0. The lowest BCUT2D eigenvalue weighted by Crippen LogP contribution is -2.61. The fraction of sp³-hybridized carbons (Fsp3) is 0.500. The van der Waals surface area contributed by atoms with Crippen molar-refractivity contribution in [3.05, 3.63) is 28.9 Å². The van der Waals surface area contributed by atoms with Crippen molar-refractivity contribution in [1.29, 1.82) is 5.41 Å². The van der Waals surface area contributed by atoms with E-state index in [0.29, 0.717) is 32.8 Å². The van der Waals surface area contributed by atoms with Crippen LogP contribution in [0.25, 0.3) is 16.1 Å². The summed E-state index contributed by atoms with van der Waals surface area (Å²) in [5, 5.41) is 35.3. The molecule has 1 fully saturated rings. The van der Waals surface area contributed by atoms with E-state index >= 15 is 0 Å². The number of hydrogen-bond acceptors (Lipinski definition) is 8. The molecule has 1 aromatic heterocycles. The maximum absolute atomic E-state index is 10.7. The number of nitrogens with one attached hydrogen (secondary N) is 3. The molecule has 0 aliphatic carbocycles. The van der Waals surface area contributed by atoms with Crippen LogP contribution in [0.5, 0.6) is 5.75 Å². The molecule has 0 radical (unpaired) electrons. The molecular weight excluding hydrogens is 432 g/mol. The topological polar surface area (TPSA) is 97.2 Å². The molecule has 1 aromatic carbocycles. The largest absolute Gasteiger partial charge is 0.507 e. The van der Waals surface area contributed by atoms with Gasteiger partial charge in [-0.15, -0.1) is 10.2 Å². The van der Waals surface area contributed by atoms with Crippen molar-refractivity contribution < 1.29 is 5.11 Å². The van der Waals surface area contributed by atoms with Gasteiger partial charge in [0.2, 0.25) is 5.13 Å². The van der Waals surface area contributed by atoms with E-state index in [9.17, 15) is 5.11 Å². The van der Waals surface area contributed by atoms with E-state index in [0.717, 1.165) is 18.0 Å². The molecule has 0 spiro atoms. The van der Waals surface area contributed by atoms with Crippen molar-refractivity contribution in [3.8, 4) is 16.3 Å². The molecule has 1 aliphatic heterocycles. The second kappa shape index (κ2) is 8.76. The SMILES string of the molecule is CN/C=C(\C=N)c1cc(O)c(-c2nnc(N(C)C3CC(C)(C)NC(C)(C)C3)s2)c(Cl)c1. The van der Waals surface area contributed by atoms with Gasteiger partial charge in [0, 0.05) is 49.2 Å². The lowest BCUT2D eigenvalue weighted by Gasteiger charge is -2.48. The molecule has 0 amide bonds. The number of phenols is 1. The Kier molecular flexibility index (Phi) is 6.64. The average molecular weight is 463 g/mol. The van der Waals surface area contributed by atoms with Gasteiger partial charge in [0.25, 0.3) is 0 Å². The van der Waals surface area contributed by atoms with Gasteiger partial charge in [-0.1, -0.05) is 22.9 Å². The van der Waals surface area contributed by atoms with Crippen LogP contribution in [0.4, 0.5) is 5.13 Å². The molecule has 7 nitrogen and oxygen atoms in total. The molecule has 3 rings (SSSR count). The minimum absolute atomic E-state index is 0.0147. The number of rotatable bonds is 6. The third kappa shape index (κ3) is 5.19. The highest BCUT2D eigenvalue weighted by molar-refractivity contribution is 7.18. The van der Waals surface area contributed by atoms with E-state index in [1.165, 1.54) is 17.6 Å². The lowest BCUT2D eigenvalue weighted by molar-refractivity contribution is 0.161. The Morgan fingerprint density at radius 3 is 2.48 bits per heavy atom. The van der Waals surface area contributed by atoms with Crippen molar-refractivity contribution in [2.24, 2.45) is 0 Å². The molecule has 0 unspecified atom stereocenters. The molecule has 1 saturated heterocycles. The van der Waals surface area contributed by atoms with Gasteiger partial charge in [-0.3, -0.25) is 0 Å². The predicted octanol–water partition coefficient (Wildman–Crippen LogP) is 4.52. The fourth-order valence-corrected chi connectivity index (χ4v) is 5.80. The van der Waals surface area contributed by atoms with Crippen LogP contribution < -0.4 is 15.5 Å². The molecule has 168 valence electrons. The van der Waals surface area contributed by atoms with E-state index < -0.39 is 0 Å². The Bertz CT molecular complexity index is 961. The molecule has 0 saturated carbocycles. The summed E-state index contributed by atoms with van der Waals surface area (Å²) in [6.07, 6.45) is 4.87. The Morgan fingerprint density at radius 2 is 1.94 bits per heavy atom. The summed E-state index contributed by atoms with van der Waals surface area (Å²) in [6.45, 7) is 8.91. The fourth-order valence-electron chi connectivity index (χ4n) is 4.49. The summed E-state index contributed by atoms with van der Waals surface area (Å²) in [7, 11) is 3.80. The van der Waals surface area contributed by atoms with Crippen molar-refractivity contribution in [2.75, 3.05) is 19.0 Å². The highest BCUT2D eigenvalue weighted by Gasteiger charge is 2.39. The number of allylic oxidation sites excluding steroid dienone is 1. The van der Waals surface area contributed by atoms with Gasteiger partial charge in [-0.25, -0.2) is 0 Å². The molecule has 2 heterocycles. The van der Waals surface area contributed by atoms with Gasteiger partial charge >= 0.3 is 0 Å². The van der Waals surface area contributed by atoms with Crippen molar-refractivity contribution in [2.45, 2.75) is 57.7 Å². The van der Waals surface area contributed by atoms with Crippen LogP contribution in [0.15, 0.2) is 18.3 Å². The van der Waals surface area contributed by atoms with Gasteiger partial charge in [0.15, 0.2) is 5.01 Å². The van der Waals surface area contributed by atoms with Gasteiger partial charge in [-0.2, -0.15) is 0 Å². The van der Waals surface area contributed by atoms with Crippen LogP contribution in [0.2, 0.25) is 5.02 Å². The van der Waals surface area contributed by atoms with Crippen molar-refractivity contribution in [1.82, 2.24) is 20.8 Å². The van der Waals surface area contributed by atoms with Crippen LogP contribution in [0.1, 0.15) is 46.1 Å². The number of hydrogen-bond donors (Lipinski definition) is 4. The summed E-state index contributed by atoms with van der Waals surface area (Å²) in [5.74, 6) is 0.0147. The van der Waals surface area contributed by atoms with E-state index in [1.54, 1.807) is 25.4 Å².